The van der Waals surface area contributed by atoms with Crippen molar-refractivity contribution in [3.05, 3.63) is 33.8 Å². The summed E-state index contributed by atoms with van der Waals surface area (Å²) in [4.78, 5) is 0. The van der Waals surface area contributed by atoms with Crippen molar-refractivity contribution >= 4 is 33.0 Å². The van der Waals surface area contributed by atoms with Crippen LogP contribution in [-0.2, 0) is 16.4 Å². The Balaban J connectivity index is 2.62. The van der Waals surface area contributed by atoms with Gasteiger partial charge in [-0.2, -0.15) is 0 Å². The first-order valence-corrected chi connectivity index (χ1v) is 8.12. The maximum absolute atomic E-state index is 11.5. The fourth-order valence-electron chi connectivity index (χ4n) is 1.29. The number of halogens is 2. The van der Waals surface area contributed by atoms with Crippen LogP contribution in [0.25, 0.3) is 0 Å². The number of rotatable bonds is 5. The molecule has 0 spiro atoms. The van der Waals surface area contributed by atoms with E-state index in [2.05, 4.69) is 5.32 Å². The smallest absolute Gasteiger partial charge is 0.153 e. The number of hydrogen-bond donors (Lipinski definition) is 1. The highest BCUT2D eigenvalue weighted by molar-refractivity contribution is 7.92. The summed E-state index contributed by atoms with van der Waals surface area (Å²) < 4.78 is 22.2. The van der Waals surface area contributed by atoms with Gasteiger partial charge in [-0.1, -0.05) is 29.3 Å². The topological polar surface area (TPSA) is 46.2 Å². The molecule has 1 aromatic carbocycles. The van der Waals surface area contributed by atoms with Gasteiger partial charge in [0.1, 0.15) is 0 Å². The van der Waals surface area contributed by atoms with Crippen LogP contribution in [0.5, 0.6) is 0 Å². The molecular formula is C12H17Cl2NO2S. The maximum Gasteiger partial charge on any atom is 0.153 e. The summed E-state index contributed by atoms with van der Waals surface area (Å²) in [5.41, 5.74) is 0.894. The van der Waals surface area contributed by atoms with Crippen LogP contribution < -0.4 is 5.32 Å². The Morgan fingerprint density at radius 2 is 1.89 bits per heavy atom. The highest BCUT2D eigenvalue weighted by Gasteiger charge is 2.29. The Labute approximate surface area is 118 Å². The predicted molar refractivity (Wildman–Crippen MR) is 77.1 cm³/mol. The third-order valence-corrected chi connectivity index (χ3v) is 5.62. The van der Waals surface area contributed by atoms with Gasteiger partial charge in [0.05, 0.1) is 4.75 Å². The van der Waals surface area contributed by atoms with Crippen LogP contribution in [0.3, 0.4) is 0 Å². The molecule has 0 aliphatic heterocycles. The second-order valence-electron chi connectivity index (χ2n) is 4.87. The van der Waals surface area contributed by atoms with E-state index in [4.69, 9.17) is 23.2 Å². The molecule has 0 atom stereocenters. The van der Waals surface area contributed by atoms with Gasteiger partial charge in [-0.05, 0) is 31.5 Å². The van der Waals surface area contributed by atoms with Crippen LogP contribution in [-0.4, -0.2) is 26.0 Å². The fourth-order valence-corrected chi connectivity index (χ4v) is 2.13. The fraction of sp³-hybridized carbons (Fsp3) is 0.500. The van der Waals surface area contributed by atoms with E-state index in [9.17, 15) is 8.42 Å². The molecule has 102 valence electrons. The Hall–Kier alpha value is -0.290. The molecule has 0 saturated heterocycles. The van der Waals surface area contributed by atoms with E-state index in [1.165, 1.54) is 6.26 Å². The van der Waals surface area contributed by atoms with Gasteiger partial charge in [-0.25, -0.2) is 8.42 Å². The van der Waals surface area contributed by atoms with Crippen LogP contribution in [0.1, 0.15) is 19.4 Å². The van der Waals surface area contributed by atoms with E-state index in [-0.39, 0.29) is 0 Å². The minimum absolute atomic E-state index is 0.366. The molecule has 0 bridgehead atoms. The van der Waals surface area contributed by atoms with Crippen molar-refractivity contribution in [2.75, 3.05) is 12.8 Å². The number of sulfone groups is 1. The summed E-state index contributed by atoms with van der Waals surface area (Å²) >= 11 is 11.8. The zero-order valence-electron chi connectivity index (χ0n) is 10.6. The second-order valence-corrected chi connectivity index (χ2v) is 8.36. The highest BCUT2D eigenvalue weighted by atomic mass is 35.5. The molecule has 0 radical (unpaired) electrons. The molecule has 0 aliphatic rings. The van der Waals surface area contributed by atoms with Gasteiger partial charge in [0.15, 0.2) is 9.84 Å². The number of benzene rings is 1. The summed E-state index contributed by atoms with van der Waals surface area (Å²) in [5, 5.41) is 4.26. The first kappa shape index (κ1) is 15.8. The summed E-state index contributed by atoms with van der Waals surface area (Å²) in [7, 11) is -3.09. The largest absolute Gasteiger partial charge is 0.311 e. The second kappa shape index (κ2) is 5.78. The summed E-state index contributed by atoms with van der Waals surface area (Å²) in [6.45, 7) is 4.26. The van der Waals surface area contributed by atoms with Gasteiger partial charge in [-0.15, -0.1) is 0 Å². The number of nitrogens with one attached hydrogen (secondary N) is 1. The van der Waals surface area contributed by atoms with Crippen LogP contribution >= 0.6 is 23.2 Å². The van der Waals surface area contributed by atoms with Crippen LogP contribution in [0.15, 0.2) is 18.2 Å². The lowest BCUT2D eigenvalue weighted by molar-refractivity contribution is 0.521. The SMILES string of the molecule is CC(C)(CNCc1ccc(Cl)cc1Cl)S(C)(=O)=O. The molecule has 1 N–H and O–H groups in total. The van der Waals surface area contributed by atoms with Crippen molar-refractivity contribution in [2.45, 2.75) is 25.1 Å². The third kappa shape index (κ3) is 4.12. The number of hydrogen-bond acceptors (Lipinski definition) is 3. The van der Waals surface area contributed by atoms with Crippen molar-refractivity contribution < 1.29 is 8.42 Å². The van der Waals surface area contributed by atoms with Crippen molar-refractivity contribution in [2.24, 2.45) is 0 Å². The lowest BCUT2D eigenvalue weighted by Crippen LogP contribution is -2.41. The van der Waals surface area contributed by atoms with Crippen LogP contribution in [0.2, 0.25) is 10.0 Å². The van der Waals surface area contributed by atoms with Gasteiger partial charge in [0.25, 0.3) is 0 Å². The summed E-state index contributed by atoms with van der Waals surface area (Å²) in [6.07, 6.45) is 1.24. The monoisotopic (exact) mass is 309 g/mol. The molecule has 0 heterocycles. The lowest BCUT2D eigenvalue weighted by Gasteiger charge is -2.23. The molecule has 3 nitrogen and oxygen atoms in total. The van der Waals surface area contributed by atoms with E-state index >= 15 is 0 Å². The zero-order chi connectivity index (χ0) is 14.0. The summed E-state index contributed by atoms with van der Waals surface area (Å²) in [6, 6.07) is 5.25. The van der Waals surface area contributed by atoms with E-state index < -0.39 is 14.6 Å². The maximum atomic E-state index is 11.5. The highest BCUT2D eigenvalue weighted by Crippen LogP contribution is 2.21. The van der Waals surface area contributed by atoms with Gasteiger partial charge < -0.3 is 5.32 Å². The molecule has 6 heteroatoms. The molecule has 1 rings (SSSR count). The van der Waals surface area contributed by atoms with Crippen LogP contribution in [0, 0.1) is 0 Å². The van der Waals surface area contributed by atoms with E-state index in [0.29, 0.717) is 23.1 Å². The minimum atomic E-state index is -3.09. The van der Waals surface area contributed by atoms with Crippen molar-refractivity contribution in [1.82, 2.24) is 5.32 Å². The van der Waals surface area contributed by atoms with Crippen molar-refractivity contribution in [3.8, 4) is 0 Å². The predicted octanol–water partition coefficient (Wildman–Crippen LogP) is 2.91. The Morgan fingerprint density at radius 3 is 2.39 bits per heavy atom. The molecule has 0 fully saturated rings. The van der Waals surface area contributed by atoms with Crippen molar-refractivity contribution in [1.29, 1.82) is 0 Å². The lowest BCUT2D eigenvalue weighted by atomic mass is 10.2. The molecule has 0 aliphatic carbocycles. The first-order valence-electron chi connectivity index (χ1n) is 5.48. The third-order valence-electron chi connectivity index (χ3n) is 2.89. The molecule has 1 aromatic rings. The zero-order valence-corrected chi connectivity index (χ0v) is 13.0. The normalized spacial score (nSPS) is 12.7. The Morgan fingerprint density at radius 1 is 1.28 bits per heavy atom. The van der Waals surface area contributed by atoms with E-state index in [0.717, 1.165) is 5.56 Å². The van der Waals surface area contributed by atoms with Gasteiger partial charge in [0, 0.05) is 29.4 Å². The Kier molecular flexibility index (Phi) is 5.06. The molecule has 0 unspecified atom stereocenters. The van der Waals surface area contributed by atoms with Gasteiger partial charge in [-0.3, -0.25) is 0 Å². The van der Waals surface area contributed by atoms with E-state index in [1.54, 1.807) is 26.0 Å². The average molecular weight is 310 g/mol. The quantitative estimate of drug-likeness (QED) is 0.909. The van der Waals surface area contributed by atoms with Crippen LogP contribution in [0.4, 0.5) is 0 Å². The van der Waals surface area contributed by atoms with Crippen molar-refractivity contribution in [3.63, 3.8) is 0 Å². The standard InChI is InChI=1S/C12H17Cl2NO2S/c1-12(2,18(3,16)17)8-15-7-9-4-5-10(13)6-11(9)14/h4-6,15H,7-8H2,1-3H3. The minimum Gasteiger partial charge on any atom is -0.311 e. The van der Waals surface area contributed by atoms with Gasteiger partial charge >= 0.3 is 0 Å². The van der Waals surface area contributed by atoms with Gasteiger partial charge in [0.2, 0.25) is 0 Å². The summed E-state index contributed by atoms with van der Waals surface area (Å²) in [5.74, 6) is 0. The average Bonchev–Trinajstić information content (AvgIpc) is 2.19. The van der Waals surface area contributed by atoms with E-state index in [1.807, 2.05) is 6.07 Å². The Bertz CT molecular complexity index is 527. The molecule has 0 saturated carbocycles. The molecule has 0 amide bonds. The molecule has 0 aromatic heterocycles. The first-order chi connectivity index (χ1) is 8.13. The molecule has 18 heavy (non-hydrogen) atoms. The molecular weight excluding hydrogens is 293 g/mol.